The molecule has 28 heavy (non-hydrogen) atoms. The number of nitrogens with two attached hydrogens (primary N) is 1. The molecule has 4 rings (SSSR count). The van der Waals surface area contributed by atoms with Gasteiger partial charge in [0.2, 0.25) is 0 Å². The molecular weight excluding hydrogens is 350 g/mol. The van der Waals surface area contributed by atoms with E-state index in [1.807, 2.05) is 48.7 Å². The molecule has 3 N–H and O–H groups in total. The van der Waals surface area contributed by atoms with Gasteiger partial charge in [-0.2, -0.15) is 0 Å². The molecular formula is C23H27N3O2. The molecule has 5 heteroatoms. The molecule has 0 spiro atoms. The van der Waals surface area contributed by atoms with E-state index in [0.29, 0.717) is 12.6 Å². The van der Waals surface area contributed by atoms with Gasteiger partial charge in [-0.25, -0.2) is 0 Å². The summed E-state index contributed by atoms with van der Waals surface area (Å²) in [6.45, 7) is 0.537. The van der Waals surface area contributed by atoms with Crippen molar-refractivity contribution in [2.45, 2.75) is 44.3 Å². The minimum Gasteiger partial charge on any atom is -0.497 e. The normalized spacial score (nSPS) is 19.5. The van der Waals surface area contributed by atoms with Crippen LogP contribution in [0.2, 0.25) is 0 Å². The number of anilines is 1. The first kappa shape index (κ1) is 18.6. The van der Waals surface area contributed by atoms with E-state index < -0.39 is 0 Å². The van der Waals surface area contributed by atoms with Crippen LogP contribution in [0.4, 0.5) is 5.69 Å². The predicted octanol–water partition coefficient (Wildman–Crippen LogP) is 3.74. The van der Waals surface area contributed by atoms with Crippen molar-refractivity contribution in [1.82, 2.24) is 4.57 Å². The lowest BCUT2D eigenvalue weighted by Gasteiger charge is -2.30. The zero-order valence-electron chi connectivity index (χ0n) is 16.2. The SMILES string of the molecule is COc1ccc(Cn2ccc3cc(N[C@@H]4CCCC[C@H]4N)ccc3c2=O)cc1. The lowest BCUT2D eigenvalue weighted by Crippen LogP contribution is -2.42. The van der Waals surface area contributed by atoms with Crippen molar-refractivity contribution in [2.24, 2.45) is 5.73 Å². The second-order valence-electron chi connectivity index (χ2n) is 7.60. The van der Waals surface area contributed by atoms with E-state index >= 15 is 0 Å². The molecule has 3 aromatic rings. The number of ether oxygens (including phenoxy) is 1. The molecule has 0 unspecified atom stereocenters. The van der Waals surface area contributed by atoms with Gasteiger partial charge in [-0.05, 0) is 60.2 Å². The molecule has 146 valence electrons. The lowest BCUT2D eigenvalue weighted by atomic mass is 9.91. The molecule has 2 atom stereocenters. The highest BCUT2D eigenvalue weighted by Gasteiger charge is 2.21. The summed E-state index contributed by atoms with van der Waals surface area (Å²) in [6, 6.07) is 16.3. The van der Waals surface area contributed by atoms with Crippen LogP contribution in [0.1, 0.15) is 31.2 Å². The standard InChI is InChI=1S/C23H27N3O2/c1-28-19-9-6-16(7-10-19)15-26-13-12-17-14-18(8-11-20(17)23(26)27)25-22-5-3-2-4-21(22)24/h6-14,21-22,25H,2-5,15,24H2,1H3/t21-,22-/m1/s1. The second kappa shape index (κ2) is 8.07. The number of hydrogen-bond acceptors (Lipinski definition) is 4. The summed E-state index contributed by atoms with van der Waals surface area (Å²) in [5.41, 5.74) is 8.37. The Morgan fingerprint density at radius 3 is 2.64 bits per heavy atom. The van der Waals surface area contributed by atoms with Crippen LogP contribution in [0.15, 0.2) is 59.5 Å². The first-order chi connectivity index (χ1) is 13.6. The van der Waals surface area contributed by atoms with Gasteiger partial charge >= 0.3 is 0 Å². The summed E-state index contributed by atoms with van der Waals surface area (Å²) in [4.78, 5) is 12.9. The number of methoxy groups -OCH3 is 1. The number of pyridine rings is 1. The third-order valence-electron chi connectivity index (χ3n) is 5.66. The van der Waals surface area contributed by atoms with E-state index in [2.05, 4.69) is 11.4 Å². The van der Waals surface area contributed by atoms with Crippen LogP contribution in [0.25, 0.3) is 10.8 Å². The molecule has 1 fully saturated rings. The molecule has 0 bridgehead atoms. The molecule has 1 aromatic heterocycles. The van der Waals surface area contributed by atoms with Crippen LogP contribution in [0.3, 0.4) is 0 Å². The molecule has 0 radical (unpaired) electrons. The van der Waals surface area contributed by atoms with Crippen LogP contribution < -0.4 is 21.3 Å². The number of rotatable bonds is 5. The fourth-order valence-electron chi connectivity index (χ4n) is 3.98. The summed E-state index contributed by atoms with van der Waals surface area (Å²) < 4.78 is 6.93. The van der Waals surface area contributed by atoms with Crippen LogP contribution in [0, 0.1) is 0 Å². The maximum absolute atomic E-state index is 12.9. The molecule has 1 saturated carbocycles. The van der Waals surface area contributed by atoms with E-state index in [1.165, 1.54) is 12.8 Å². The Morgan fingerprint density at radius 2 is 1.89 bits per heavy atom. The maximum atomic E-state index is 12.9. The van der Waals surface area contributed by atoms with E-state index in [9.17, 15) is 4.79 Å². The lowest BCUT2D eigenvalue weighted by molar-refractivity contribution is 0.404. The summed E-state index contributed by atoms with van der Waals surface area (Å²) in [5, 5.41) is 5.24. The number of fused-ring (bicyclic) bond motifs is 1. The topological polar surface area (TPSA) is 69.3 Å². The molecule has 0 amide bonds. The van der Waals surface area contributed by atoms with Crippen LogP contribution in [0.5, 0.6) is 5.75 Å². The van der Waals surface area contributed by atoms with Crippen molar-refractivity contribution < 1.29 is 4.74 Å². The highest BCUT2D eigenvalue weighted by Crippen LogP contribution is 2.23. The first-order valence-electron chi connectivity index (χ1n) is 9.92. The minimum atomic E-state index is 0.0224. The zero-order chi connectivity index (χ0) is 19.5. The van der Waals surface area contributed by atoms with Gasteiger partial charge < -0.3 is 20.4 Å². The highest BCUT2D eigenvalue weighted by atomic mass is 16.5. The van der Waals surface area contributed by atoms with Crippen molar-refractivity contribution in [3.8, 4) is 5.75 Å². The van der Waals surface area contributed by atoms with Gasteiger partial charge in [0.1, 0.15) is 5.75 Å². The number of hydrogen-bond donors (Lipinski definition) is 2. The van der Waals surface area contributed by atoms with Gasteiger partial charge in [0.05, 0.1) is 13.7 Å². The fourth-order valence-corrected chi connectivity index (χ4v) is 3.98. The minimum absolute atomic E-state index is 0.0224. The van der Waals surface area contributed by atoms with Crippen LogP contribution in [-0.2, 0) is 6.54 Å². The summed E-state index contributed by atoms with van der Waals surface area (Å²) in [6.07, 6.45) is 6.47. The largest absolute Gasteiger partial charge is 0.497 e. The molecule has 5 nitrogen and oxygen atoms in total. The summed E-state index contributed by atoms with van der Waals surface area (Å²) in [7, 11) is 1.65. The smallest absolute Gasteiger partial charge is 0.258 e. The van der Waals surface area contributed by atoms with E-state index in [0.717, 1.165) is 40.6 Å². The van der Waals surface area contributed by atoms with Crippen molar-refractivity contribution in [1.29, 1.82) is 0 Å². The number of nitrogens with zero attached hydrogens (tertiary/aromatic N) is 1. The summed E-state index contributed by atoms with van der Waals surface area (Å²) in [5.74, 6) is 0.812. The van der Waals surface area contributed by atoms with E-state index in [-0.39, 0.29) is 11.6 Å². The average Bonchev–Trinajstić information content (AvgIpc) is 2.72. The van der Waals surface area contributed by atoms with Gasteiger partial charge in [-0.3, -0.25) is 4.79 Å². The Morgan fingerprint density at radius 1 is 1.11 bits per heavy atom. The number of nitrogens with one attached hydrogen (secondary N) is 1. The number of benzene rings is 2. The quantitative estimate of drug-likeness (QED) is 0.711. The van der Waals surface area contributed by atoms with Crippen molar-refractivity contribution in [3.63, 3.8) is 0 Å². The Balaban J connectivity index is 1.56. The predicted molar refractivity (Wildman–Crippen MR) is 114 cm³/mol. The molecule has 1 aliphatic rings. The van der Waals surface area contributed by atoms with Gasteiger partial charge in [-0.1, -0.05) is 25.0 Å². The molecule has 0 saturated heterocycles. The van der Waals surface area contributed by atoms with Crippen molar-refractivity contribution in [3.05, 3.63) is 70.6 Å². The van der Waals surface area contributed by atoms with E-state index in [4.69, 9.17) is 10.5 Å². The van der Waals surface area contributed by atoms with Gasteiger partial charge in [0.15, 0.2) is 0 Å². The monoisotopic (exact) mass is 377 g/mol. The van der Waals surface area contributed by atoms with Gasteiger partial charge in [0.25, 0.3) is 5.56 Å². The maximum Gasteiger partial charge on any atom is 0.258 e. The Hall–Kier alpha value is -2.79. The first-order valence-corrected chi connectivity index (χ1v) is 9.92. The molecule has 2 aromatic carbocycles. The van der Waals surface area contributed by atoms with Crippen molar-refractivity contribution in [2.75, 3.05) is 12.4 Å². The van der Waals surface area contributed by atoms with Crippen molar-refractivity contribution >= 4 is 16.5 Å². The molecule has 0 aliphatic heterocycles. The average molecular weight is 377 g/mol. The Kier molecular flexibility index (Phi) is 5.35. The van der Waals surface area contributed by atoms with Crippen LogP contribution >= 0.6 is 0 Å². The molecule has 1 heterocycles. The number of aromatic nitrogens is 1. The zero-order valence-corrected chi connectivity index (χ0v) is 16.2. The highest BCUT2D eigenvalue weighted by molar-refractivity contribution is 5.84. The molecule has 1 aliphatic carbocycles. The van der Waals surface area contributed by atoms with E-state index in [1.54, 1.807) is 11.7 Å². The van der Waals surface area contributed by atoms with Crippen LogP contribution in [-0.4, -0.2) is 23.8 Å². The Labute approximate surface area is 165 Å². The third-order valence-corrected chi connectivity index (χ3v) is 5.66. The Bertz CT molecular complexity index is 1010. The second-order valence-corrected chi connectivity index (χ2v) is 7.60. The summed E-state index contributed by atoms with van der Waals surface area (Å²) >= 11 is 0. The third kappa shape index (κ3) is 3.90. The van der Waals surface area contributed by atoms with Gasteiger partial charge in [-0.15, -0.1) is 0 Å². The van der Waals surface area contributed by atoms with Gasteiger partial charge in [0, 0.05) is 29.4 Å². The fraction of sp³-hybridized carbons (Fsp3) is 0.348.